The van der Waals surface area contributed by atoms with Crippen molar-refractivity contribution in [1.82, 2.24) is 15.1 Å². The predicted molar refractivity (Wildman–Crippen MR) is 112 cm³/mol. The maximum Gasteiger partial charge on any atom is 0.220 e. The van der Waals surface area contributed by atoms with E-state index in [9.17, 15) is 4.79 Å². The molecule has 0 saturated carbocycles. The minimum Gasteiger partial charge on any atom is -0.370 e. The molecule has 0 aliphatic heterocycles. The number of nitrogens with one attached hydrogen (secondary N) is 1. The topological polar surface area (TPSA) is 50.2 Å². The van der Waals surface area contributed by atoms with E-state index in [1.54, 1.807) is 0 Å². The Hall–Kier alpha value is -2.30. The maximum atomic E-state index is 12.3. The summed E-state index contributed by atoms with van der Waals surface area (Å²) in [7, 11) is 2.06. The third kappa shape index (κ3) is 5.84. The van der Waals surface area contributed by atoms with E-state index in [2.05, 4.69) is 66.9 Å². The minimum atomic E-state index is 0.0960. The first kappa shape index (κ1) is 21.0. The van der Waals surface area contributed by atoms with Crippen molar-refractivity contribution in [2.24, 2.45) is 5.92 Å². The van der Waals surface area contributed by atoms with Gasteiger partial charge in [-0.25, -0.2) is 0 Å². The molecule has 1 aromatic carbocycles. The first-order chi connectivity index (χ1) is 12.8. The standard InChI is InChI=1S/C22H34N4O/c1-16(2)15-26-19(5)21(18(4)24-26)12-13-22(27)23-14-17(3)25(6)20-10-8-7-9-11-20/h7-11,16-17H,12-15H2,1-6H3,(H,23,27). The number of likely N-dealkylation sites (N-methyl/N-ethyl adjacent to an activating group) is 1. The van der Waals surface area contributed by atoms with Crippen LogP contribution in [0.3, 0.4) is 0 Å². The molecule has 0 fully saturated rings. The molecule has 2 aromatic rings. The van der Waals surface area contributed by atoms with Gasteiger partial charge >= 0.3 is 0 Å². The van der Waals surface area contributed by atoms with Crippen LogP contribution in [0.2, 0.25) is 0 Å². The fourth-order valence-electron chi connectivity index (χ4n) is 3.26. The molecule has 0 radical (unpaired) electrons. The second kappa shape index (κ2) is 9.58. The van der Waals surface area contributed by atoms with Gasteiger partial charge in [0.2, 0.25) is 5.91 Å². The largest absolute Gasteiger partial charge is 0.370 e. The lowest BCUT2D eigenvalue weighted by atomic mass is 10.1. The van der Waals surface area contributed by atoms with Crippen LogP contribution in [0.1, 0.15) is 44.1 Å². The highest BCUT2D eigenvalue weighted by Crippen LogP contribution is 2.17. The van der Waals surface area contributed by atoms with Gasteiger partial charge in [0.25, 0.3) is 0 Å². The quantitative estimate of drug-likeness (QED) is 0.732. The zero-order valence-electron chi connectivity index (χ0n) is 17.6. The van der Waals surface area contributed by atoms with Crippen LogP contribution in [0.15, 0.2) is 30.3 Å². The summed E-state index contributed by atoms with van der Waals surface area (Å²) >= 11 is 0. The highest BCUT2D eigenvalue weighted by Gasteiger charge is 2.15. The molecule has 5 heteroatoms. The second-order valence-corrected chi connectivity index (χ2v) is 7.82. The van der Waals surface area contributed by atoms with Crippen LogP contribution in [0.5, 0.6) is 0 Å². The van der Waals surface area contributed by atoms with E-state index in [0.29, 0.717) is 18.9 Å². The molecule has 0 aliphatic carbocycles. The molecule has 1 unspecified atom stereocenters. The van der Waals surface area contributed by atoms with Crippen LogP contribution in [-0.4, -0.2) is 35.3 Å². The van der Waals surface area contributed by atoms with E-state index in [4.69, 9.17) is 0 Å². The van der Waals surface area contributed by atoms with Gasteiger partial charge < -0.3 is 10.2 Å². The van der Waals surface area contributed by atoms with E-state index in [0.717, 1.165) is 24.3 Å². The smallest absolute Gasteiger partial charge is 0.220 e. The van der Waals surface area contributed by atoms with Crippen molar-refractivity contribution in [3.8, 4) is 0 Å². The highest BCUT2D eigenvalue weighted by atomic mass is 16.1. The number of para-hydroxylation sites is 1. The summed E-state index contributed by atoms with van der Waals surface area (Å²) in [5.74, 6) is 0.654. The number of hydrogen-bond acceptors (Lipinski definition) is 3. The molecule has 0 saturated heterocycles. The van der Waals surface area contributed by atoms with Crippen molar-refractivity contribution in [2.75, 3.05) is 18.5 Å². The van der Waals surface area contributed by atoms with Crippen molar-refractivity contribution in [3.63, 3.8) is 0 Å². The lowest BCUT2D eigenvalue weighted by Crippen LogP contribution is -2.40. The fraction of sp³-hybridized carbons (Fsp3) is 0.545. The zero-order chi connectivity index (χ0) is 20.0. The van der Waals surface area contributed by atoms with Crippen LogP contribution >= 0.6 is 0 Å². The summed E-state index contributed by atoms with van der Waals surface area (Å²) in [5.41, 5.74) is 4.59. The van der Waals surface area contributed by atoms with Gasteiger partial charge in [-0.05, 0) is 50.8 Å². The Bertz CT molecular complexity index is 736. The van der Waals surface area contributed by atoms with Crippen LogP contribution in [0.4, 0.5) is 5.69 Å². The van der Waals surface area contributed by atoms with Crippen molar-refractivity contribution >= 4 is 11.6 Å². The molecule has 0 spiro atoms. The molecule has 1 N–H and O–H groups in total. The number of rotatable bonds is 9. The average molecular weight is 371 g/mol. The summed E-state index contributed by atoms with van der Waals surface area (Å²) in [6.07, 6.45) is 1.24. The SMILES string of the molecule is Cc1nn(CC(C)C)c(C)c1CCC(=O)NCC(C)N(C)c1ccccc1. The summed E-state index contributed by atoms with van der Waals surface area (Å²) in [6.45, 7) is 12.2. The average Bonchev–Trinajstić information content (AvgIpc) is 2.90. The highest BCUT2D eigenvalue weighted by molar-refractivity contribution is 5.76. The minimum absolute atomic E-state index is 0.0960. The van der Waals surface area contributed by atoms with Gasteiger partial charge in [0, 0.05) is 44.0 Å². The number of aromatic nitrogens is 2. The first-order valence-corrected chi connectivity index (χ1v) is 9.87. The molecule has 1 heterocycles. The lowest BCUT2D eigenvalue weighted by molar-refractivity contribution is -0.121. The molecule has 0 aliphatic rings. The zero-order valence-corrected chi connectivity index (χ0v) is 17.6. The number of benzene rings is 1. The molecular formula is C22H34N4O. The Morgan fingerprint density at radius 3 is 2.48 bits per heavy atom. The third-order valence-electron chi connectivity index (χ3n) is 5.09. The molecule has 5 nitrogen and oxygen atoms in total. The third-order valence-corrected chi connectivity index (χ3v) is 5.09. The molecule has 2 rings (SSSR count). The number of aryl methyl sites for hydroxylation is 1. The molecular weight excluding hydrogens is 336 g/mol. The summed E-state index contributed by atoms with van der Waals surface area (Å²) in [4.78, 5) is 14.5. The van der Waals surface area contributed by atoms with E-state index in [-0.39, 0.29) is 11.9 Å². The number of carbonyl (C=O) groups excluding carboxylic acids is 1. The summed E-state index contributed by atoms with van der Waals surface area (Å²) in [6, 6.07) is 10.5. The normalized spacial score (nSPS) is 12.3. The molecule has 148 valence electrons. The van der Waals surface area contributed by atoms with Gasteiger partial charge in [0.05, 0.1) is 5.69 Å². The van der Waals surface area contributed by atoms with Crippen LogP contribution in [0, 0.1) is 19.8 Å². The van der Waals surface area contributed by atoms with Crippen molar-refractivity contribution in [2.45, 2.75) is 60.0 Å². The van der Waals surface area contributed by atoms with E-state index in [1.807, 2.05) is 25.1 Å². The molecule has 1 amide bonds. The fourth-order valence-corrected chi connectivity index (χ4v) is 3.26. The van der Waals surface area contributed by atoms with E-state index in [1.165, 1.54) is 11.3 Å². The predicted octanol–water partition coefficient (Wildman–Crippen LogP) is 3.73. The van der Waals surface area contributed by atoms with Gasteiger partial charge in [-0.1, -0.05) is 32.0 Å². The van der Waals surface area contributed by atoms with Gasteiger partial charge in [-0.2, -0.15) is 5.10 Å². The number of amides is 1. The van der Waals surface area contributed by atoms with Crippen LogP contribution < -0.4 is 10.2 Å². The molecule has 27 heavy (non-hydrogen) atoms. The van der Waals surface area contributed by atoms with Crippen molar-refractivity contribution < 1.29 is 4.79 Å². The lowest BCUT2D eigenvalue weighted by Gasteiger charge is -2.27. The van der Waals surface area contributed by atoms with Crippen molar-refractivity contribution in [1.29, 1.82) is 0 Å². The van der Waals surface area contributed by atoms with Crippen molar-refractivity contribution in [3.05, 3.63) is 47.3 Å². The Balaban J connectivity index is 1.84. The molecule has 1 aromatic heterocycles. The van der Waals surface area contributed by atoms with Gasteiger partial charge in [-0.15, -0.1) is 0 Å². The van der Waals surface area contributed by atoms with E-state index >= 15 is 0 Å². The van der Waals surface area contributed by atoms with Crippen LogP contribution in [0.25, 0.3) is 0 Å². The molecule has 0 bridgehead atoms. The Morgan fingerprint density at radius 2 is 1.85 bits per heavy atom. The van der Waals surface area contributed by atoms with Gasteiger partial charge in [0.15, 0.2) is 0 Å². The number of hydrogen-bond donors (Lipinski definition) is 1. The Labute approximate surface area is 163 Å². The molecule has 1 atom stereocenters. The summed E-state index contributed by atoms with van der Waals surface area (Å²) in [5, 5.41) is 7.71. The number of carbonyl (C=O) groups is 1. The number of anilines is 1. The van der Waals surface area contributed by atoms with Crippen LogP contribution in [-0.2, 0) is 17.8 Å². The summed E-state index contributed by atoms with van der Waals surface area (Å²) < 4.78 is 2.07. The maximum absolute atomic E-state index is 12.3. The van der Waals surface area contributed by atoms with Gasteiger partial charge in [0.1, 0.15) is 0 Å². The first-order valence-electron chi connectivity index (χ1n) is 9.87. The monoisotopic (exact) mass is 370 g/mol. The Kier molecular flexibility index (Phi) is 7.45. The van der Waals surface area contributed by atoms with E-state index < -0.39 is 0 Å². The second-order valence-electron chi connectivity index (χ2n) is 7.82. The number of nitrogens with zero attached hydrogens (tertiary/aromatic N) is 3. The van der Waals surface area contributed by atoms with Gasteiger partial charge in [-0.3, -0.25) is 9.48 Å². The Morgan fingerprint density at radius 1 is 1.19 bits per heavy atom.